The fraction of sp³-hybridized carbons (Fsp3) is 0.471. The molecule has 106 valence electrons. The van der Waals surface area contributed by atoms with E-state index < -0.39 is 0 Å². The van der Waals surface area contributed by atoms with Gasteiger partial charge in [-0.05, 0) is 49.7 Å². The van der Waals surface area contributed by atoms with Gasteiger partial charge in [0.25, 0.3) is 0 Å². The van der Waals surface area contributed by atoms with E-state index in [1.807, 2.05) is 24.3 Å². The molecule has 1 aromatic rings. The molecule has 0 bridgehead atoms. The predicted molar refractivity (Wildman–Crippen MR) is 79.7 cm³/mol. The van der Waals surface area contributed by atoms with Crippen LogP contribution in [0.4, 0.5) is 5.69 Å². The van der Waals surface area contributed by atoms with Crippen LogP contribution in [0.15, 0.2) is 36.4 Å². The topological polar surface area (TPSA) is 38.3 Å². The summed E-state index contributed by atoms with van der Waals surface area (Å²) in [5.74, 6) is 2.33. The molecule has 0 heterocycles. The van der Waals surface area contributed by atoms with Crippen molar-refractivity contribution in [2.24, 2.45) is 17.8 Å². The summed E-state index contributed by atoms with van der Waals surface area (Å²) in [5.41, 5.74) is 0.826. The average Bonchev–Trinajstić information content (AvgIpc) is 3.10. The van der Waals surface area contributed by atoms with E-state index in [-0.39, 0.29) is 11.8 Å². The molecule has 3 atom stereocenters. The van der Waals surface area contributed by atoms with Gasteiger partial charge in [-0.15, -0.1) is 0 Å². The zero-order chi connectivity index (χ0) is 13.9. The molecule has 0 aliphatic heterocycles. The highest BCUT2D eigenvalue weighted by Gasteiger charge is 2.53. The molecule has 3 rings (SSSR count). The maximum absolute atomic E-state index is 12.4. The molecule has 0 saturated heterocycles. The number of ether oxygens (including phenoxy) is 1. The number of rotatable bonds is 3. The molecular formula is C17H21NO2. The van der Waals surface area contributed by atoms with E-state index >= 15 is 0 Å². The normalized spacial score (nSPS) is 27.9. The zero-order valence-electron chi connectivity index (χ0n) is 11.8. The van der Waals surface area contributed by atoms with Crippen LogP contribution in [0.25, 0.3) is 0 Å². The van der Waals surface area contributed by atoms with Gasteiger partial charge in [-0.25, -0.2) is 0 Å². The number of hydrogen-bond donors (Lipinski definition) is 1. The van der Waals surface area contributed by atoms with E-state index in [2.05, 4.69) is 17.5 Å². The highest BCUT2D eigenvalue weighted by atomic mass is 16.5. The summed E-state index contributed by atoms with van der Waals surface area (Å²) in [7, 11) is 1.64. The van der Waals surface area contributed by atoms with Crippen molar-refractivity contribution in [3.05, 3.63) is 36.4 Å². The summed E-state index contributed by atoms with van der Waals surface area (Å²) in [6.07, 6.45) is 9.04. The Morgan fingerprint density at radius 3 is 2.55 bits per heavy atom. The second kappa shape index (κ2) is 5.70. The van der Waals surface area contributed by atoms with Crippen LogP contribution in [0.5, 0.6) is 5.75 Å². The van der Waals surface area contributed by atoms with Crippen LogP contribution in [-0.2, 0) is 4.79 Å². The summed E-state index contributed by atoms with van der Waals surface area (Å²) in [6, 6.07) is 7.55. The number of allylic oxidation sites excluding steroid dienone is 2. The Kier molecular flexibility index (Phi) is 3.77. The molecule has 1 N–H and O–H groups in total. The lowest BCUT2D eigenvalue weighted by Crippen LogP contribution is -2.15. The second-order valence-electron chi connectivity index (χ2n) is 5.70. The van der Waals surface area contributed by atoms with Crippen LogP contribution >= 0.6 is 0 Å². The molecule has 3 nitrogen and oxygen atoms in total. The van der Waals surface area contributed by atoms with Crippen LogP contribution in [0.1, 0.15) is 25.7 Å². The Hall–Kier alpha value is -1.77. The first-order chi connectivity index (χ1) is 9.79. The van der Waals surface area contributed by atoms with Crippen molar-refractivity contribution >= 4 is 11.6 Å². The van der Waals surface area contributed by atoms with Gasteiger partial charge < -0.3 is 10.1 Å². The van der Waals surface area contributed by atoms with Crippen LogP contribution < -0.4 is 10.1 Å². The lowest BCUT2D eigenvalue weighted by atomic mass is 10.1. The minimum Gasteiger partial charge on any atom is -0.497 e. The number of amides is 1. The van der Waals surface area contributed by atoms with Crippen molar-refractivity contribution in [1.82, 2.24) is 0 Å². The zero-order valence-corrected chi connectivity index (χ0v) is 11.8. The number of carbonyl (C=O) groups is 1. The summed E-state index contributed by atoms with van der Waals surface area (Å²) < 4.78 is 5.18. The van der Waals surface area contributed by atoms with Crippen molar-refractivity contribution < 1.29 is 9.53 Å². The standard InChI is InChI=1S/C17H21NO2/c1-20-13-8-6-7-12(11-13)18-17(19)16-14-9-4-2-3-5-10-15(14)16/h2-3,6-8,11,14-16H,4-5,9-10H2,1H3,(H,18,19)/t14-,15+,16?. The number of benzene rings is 1. The lowest BCUT2D eigenvalue weighted by Gasteiger charge is -2.06. The Bertz CT molecular complexity index is 507. The Morgan fingerprint density at radius 2 is 1.90 bits per heavy atom. The third-order valence-corrected chi connectivity index (χ3v) is 4.47. The smallest absolute Gasteiger partial charge is 0.228 e. The lowest BCUT2D eigenvalue weighted by molar-refractivity contribution is -0.117. The first kappa shape index (κ1) is 13.2. The Labute approximate surface area is 120 Å². The van der Waals surface area contributed by atoms with E-state index in [1.54, 1.807) is 7.11 Å². The highest BCUT2D eigenvalue weighted by Crippen LogP contribution is 2.53. The molecule has 1 amide bonds. The van der Waals surface area contributed by atoms with Gasteiger partial charge in [-0.1, -0.05) is 18.2 Å². The van der Waals surface area contributed by atoms with Crippen LogP contribution in [0, 0.1) is 17.8 Å². The van der Waals surface area contributed by atoms with Crippen molar-refractivity contribution in [3.63, 3.8) is 0 Å². The van der Waals surface area contributed by atoms with Crippen molar-refractivity contribution in [3.8, 4) is 5.75 Å². The quantitative estimate of drug-likeness (QED) is 0.853. The van der Waals surface area contributed by atoms with Gasteiger partial charge in [0.2, 0.25) is 5.91 Å². The molecule has 1 saturated carbocycles. The third kappa shape index (κ3) is 2.72. The van der Waals surface area contributed by atoms with Gasteiger partial charge >= 0.3 is 0 Å². The van der Waals surface area contributed by atoms with Gasteiger partial charge in [-0.2, -0.15) is 0 Å². The van der Waals surface area contributed by atoms with Crippen molar-refractivity contribution in [1.29, 1.82) is 0 Å². The number of carbonyl (C=O) groups excluding carboxylic acids is 1. The first-order valence-electron chi connectivity index (χ1n) is 7.39. The van der Waals surface area contributed by atoms with Gasteiger partial charge in [0.15, 0.2) is 0 Å². The summed E-state index contributed by atoms with van der Waals surface area (Å²) in [6.45, 7) is 0. The van der Waals surface area contributed by atoms with Gasteiger partial charge in [0.05, 0.1) is 7.11 Å². The molecule has 1 fully saturated rings. The molecule has 0 radical (unpaired) electrons. The van der Waals surface area contributed by atoms with Crippen LogP contribution in [0.3, 0.4) is 0 Å². The molecule has 20 heavy (non-hydrogen) atoms. The molecule has 2 aliphatic rings. The molecule has 1 aromatic carbocycles. The fourth-order valence-electron chi connectivity index (χ4n) is 3.36. The van der Waals surface area contributed by atoms with E-state index in [0.29, 0.717) is 11.8 Å². The number of anilines is 1. The number of fused-ring (bicyclic) bond motifs is 1. The SMILES string of the molecule is COc1cccc(NC(=O)C2[C@H]3CCC=CCC[C@@H]23)c1. The molecular weight excluding hydrogens is 250 g/mol. The molecule has 2 aliphatic carbocycles. The minimum atomic E-state index is 0.176. The van der Waals surface area contributed by atoms with Crippen LogP contribution in [-0.4, -0.2) is 13.0 Å². The highest BCUT2D eigenvalue weighted by molar-refractivity contribution is 5.95. The van der Waals surface area contributed by atoms with Crippen molar-refractivity contribution in [2.75, 3.05) is 12.4 Å². The summed E-state index contributed by atoms with van der Waals surface area (Å²) in [4.78, 5) is 12.4. The Morgan fingerprint density at radius 1 is 1.20 bits per heavy atom. The average molecular weight is 271 g/mol. The monoisotopic (exact) mass is 271 g/mol. The summed E-state index contributed by atoms with van der Waals surface area (Å²) >= 11 is 0. The molecule has 3 heteroatoms. The summed E-state index contributed by atoms with van der Waals surface area (Å²) in [5, 5.41) is 3.04. The Balaban J connectivity index is 1.62. The van der Waals surface area contributed by atoms with E-state index in [4.69, 9.17) is 4.74 Å². The maximum atomic E-state index is 12.4. The molecule has 1 unspecified atom stereocenters. The van der Waals surface area contributed by atoms with E-state index in [0.717, 1.165) is 37.1 Å². The van der Waals surface area contributed by atoms with Crippen LogP contribution in [0.2, 0.25) is 0 Å². The van der Waals surface area contributed by atoms with Gasteiger partial charge in [-0.3, -0.25) is 4.79 Å². The van der Waals surface area contributed by atoms with Crippen molar-refractivity contribution in [2.45, 2.75) is 25.7 Å². The first-order valence-corrected chi connectivity index (χ1v) is 7.39. The fourth-order valence-corrected chi connectivity index (χ4v) is 3.36. The minimum absolute atomic E-state index is 0.176. The largest absolute Gasteiger partial charge is 0.497 e. The molecule has 0 spiro atoms. The van der Waals surface area contributed by atoms with E-state index in [9.17, 15) is 4.79 Å². The van der Waals surface area contributed by atoms with Gasteiger partial charge in [0.1, 0.15) is 5.75 Å². The van der Waals surface area contributed by atoms with Gasteiger partial charge in [0, 0.05) is 17.7 Å². The predicted octanol–water partition coefficient (Wildman–Crippen LogP) is 3.63. The number of hydrogen-bond acceptors (Lipinski definition) is 2. The second-order valence-corrected chi connectivity index (χ2v) is 5.70. The number of nitrogens with one attached hydrogen (secondary N) is 1. The third-order valence-electron chi connectivity index (χ3n) is 4.47. The number of methoxy groups -OCH3 is 1. The maximum Gasteiger partial charge on any atom is 0.228 e. The van der Waals surface area contributed by atoms with E-state index in [1.165, 1.54) is 0 Å². The molecule has 0 aromatic heterocycles.